The highest BCUT2D eigenvalue weighted by Gasteiger charge is 2.40. The van der Waals surface area contributed by atoms with E-state index in [1.165, 1.54) is 7.05 Å². The third-order valence-electron chi connectivity index (χ3n) is 1.65. The largest absolute Gasteiger partial charge is 0.456 e. The van der Waals surface area contributed by atoms with E-state index < -0.39 is 17.7 Å². The number of ketones is 1. The number of aryl methyl sites for hydroxylation is 1. The zero-order chi connectivity index (χ0) is 10.9. The van der Waals surface area contributed by atoms with Gasteiger partial charge < -0.3 is 4.57 Å². The Bertz CT molecular complexity index is 378. The highest BCUT2D eigenvalue weighted by Crippen LogP contribution is 2.22. The summed E-state index contributed by atoms with van der Waals surface area (Å²) in [6.07, 6.45) is -3.37. The smallest absolute Gasteiger partial charge is 0.347 e. The summed E-state index contributed by atoms with van der Waals surface area (Å²) >= 11 is 0. The molecule has 0 radical (unpaired) electrons. The van der Waals surface area contributed by atoms with Crippen molar-refractivity contribution in [2.75, 3.05) is 0 Å². The van der Waals surface area contributed by atoms with Gasteiger partial charge in [-0.25, -0.2) is 0 Å². The van der Waals surface area contributed by atoms with Gasteiger partial charge in [0, 0.05) is 18.8 Å². The monoisotopic (exact) mass is 205 g/mol. The van der Waals surface area contributed by atoms with E-state index in [1.54, 1.807) is 0 Å². The molecule has 0 aromatic carbocycles. The third kappa shape index (κ3) is 1.84. The highest BCUT2D eigenvalue weighted by molar-refractivity contribution is 6.00. The maximum Gasteiger partial charge on any atom is 0.456 e. The van der Waals surface area contributed by atoms with Crippen LogP contribution in [0.2, 0.25) is 0 Å². The van der Waals surface area contributed by atoms with Gasteiger partial charge in [0.1, 0.15) is 0 Å². The molecule has 0 spiro atoms. The summed E-state index contributed by atoms with van der Waals surface area (Å²) in [5, 5.41) is 0. The summed E-state index contributed by atoms with van der Waals surface area (Å²) in [6.45, 7) is 0. The molecule has 1 rings (SSSR count). The standard InChI is InChI=1S/C8H6F3NO2/c1-12-3-5(4-13)2-6(12)7(14)8(9,10)11/h2-4H,1H3. The number of rotatable bonds is 2. The van der Waals surface area contributed by atoms with Gasteiger partial charge in [-0.15, -0.1) is 0 Å². The maximum atomic E-state index is 12.0. The summed E-state index contributed by atoms with van der Waals surface area (Å²) in [7, 11) is 1.27. The minimum atomic E-state index is -4.91. The fraction of sp³-hybridized carbons (Fsp3) is 0.250. The van der Waals surface area contributed by atoms with Gasteiger partial charge in [0.2, 0.25) is 0 Å². The number of Topliss-reactive ketones (excluding diaryl/α,β-unsaturated/α-hetero) is 1. The van der Waals surface area contributed by atoms with E-state index in [0.29, 0.717) is 6.29 Å². The number of hydrogen-bond donors (Lipinski definition) is 0. The number of nitrogens with zero attached hydrogens (tertiary/aromatic N) is 1. The topological polar surface area (TPSA) is 39.1 Å². The van der Waals surface area contributed by atoms with E-state index in [0.717, 1.165) is 16.8 Å². The van der Waals surface area contributed by atoms with Crippen molar-refractivity contribution < 1.29 is 22.8 Å². The van der Waals surface area contributed by atoms with Gasteiger partial charge in [0.05, 0.1) is 5.69 Å². The van der Waals surface area contributed by atoms with Crippen molar-refractivity contribution >= 4 is 12.1 Å². The molecule has 14 heavy (non-hydrogen) atoms. The average molecular weight is 205 g/mol. The molecule has 0 unspecified atom stereocenters. The molecule has 0 aliphatic carbocycles. The van der Waals surface area contributed by atoms with Crippen LogP contribution in [0.15, 0.2) is 12.3 Å². The molecule has 3 nitrogen and oxygen atoms in total. The fourth-order valence-corrected chi connectivity index (χ4v) is 1.03. The number of aromatic nitrogens is 1. The van der Waals surface area contributed by atoms with Crippen LogP contribution in [0.3, 0.4) is 0 Å². The highest BCUT2D eigenvalue weighted by atomic mass is 19.4. The van der Waals surface area contributed by atoms with E-state index in [9.17, 15) is 22.8 Å². The van der Waals surface area contributed by atoms with Crippen LogP contribution in [0.25, 0.3) is 0 Å². The summed E-state index contributed by atoms with van der Waals surface area (Å²) in [5.41, 5.74) is -0.500. The van der Waals surface area contributed by atoms with Crippen LogP contribution >= 0.6 is 0 Å². The van der Waals surface area contributed by atoms with Crippen molar-refractivity contribution in [3.05, 3.63) is 23.5 Å². The second-order valence-electron chi connectivity index (χ2n) is 2.71. The van der Waals surface area contributed by atoms with Gasteiger partial charge in [-0.05, 0) is 6.07 Å². The molecule has 0 saturated heterocycles. The number of hydrogen-bond acceptors (Lipinski definition) is 2. The predicted octanol–water partition coefficient (Wildman–Crippen LogP) is 1.58. The van der Waals surface area contributed by atoms with Crippen LogP contribution in [-0.4, -0.2) is 22.8 Å². The molecule has 0 aliphatic rings. The predicted molar refractivity (Wildman–Crippen MR) is 41.2 cm³/mol. The first kappa shape index (κ1) is 10.5. The molecule has 1 aromatic heterocycles. The Balaban J connectivity index is 3.13. The quantitative estimate of drug-likeness (QED) is 0.543. The Morgan fingerprint density at radius 1 is 1.50 bits per heavy atom. The molecule has 6 heteroatoms. The normalized spacial score (nSPS) is 11.4. The van der Waals surface area contributed by atoms with Crippen LogP contribution in [-0.2, 0) is 7.05 Å². The van der Waals surface area contributed by atoms with E-state index >= 15 is 0 Å². The second kappa shape index (κ2) is 3.28. The fourth-order valence-electron chi connectivity index (χ4n) is 1.03. The van der Waals surface area contributed by atoms with Crippen LogP contribution in [0, 0.1) is 0 Å². The average Bonchev–Trinajstić information content (AvgIpc) is 2.43. The molecule has 0 N–H and O–H groups in total. The van der Waals surface area contributed by atoms with Gasteiger partial charge in [-0.3, -0.25) is 9.59 Å². The first-order valence-electron chi connectivity index (χ1n) is 3.59. The van der Waals surface area contributed by atoms with Gasteiger partial charge >= 0.3 is 6.18 Å². The number of aldehydes is 1. The van der Waals surface area contributed by atoms with Crippen LogP contribution in [0.4, 0.5) is 13.2 Å². The molecule has 0 aliphatic heterocycles. The number of alkyl halides is 3. The van der Waals surface area contributed by atoms with Crippen molar-refractivity contribution in [1.29, 1.82) is 0 Å². The third-order valence-corrected chi connectivity index (χ3v) is 1.65. The Morgan fingerprint density at radius 2 is 2.07 bits per heavy atom. The maximum absolute atomic E-state index is 12.0. The van der Waals surface area contributed by atoms with Crippen LogP contribution in [0.5, 0.6) is 0 Å². The van der Waals surface area contributed by atoms with Crippen molar-refractivity contribution in [1.82, 2.24) is 4.57 Å². The van der Waals surface area contributed by atoms with Gasteiger partial charge in [-0.1, -0.05) is 0 Å². The minimum absolute atomic E-state index is 0.0418. The zero-order valence-corrected chi connectivity index (χ0v) is 7.13. The second-order valence-corrected chi connectivity index (χ2v) is 2.71. The molecule has 0 fully saturated rings. The van der Waals surface area contributed by atoms with Gasteiger partial charge in [0.15, 0.2) is 6.29 Å². The van der Waals surface area contributed by atoms with Gasteiger partial charge in [0.25, 0.3) is 5.78 Å². The molecule has 0 bridgehead atoms. The molecule has 1 aromatic rings. The lowest BCUT2D eigenvalue weighted by atomic mass is 10.2. The number of carbonyl (C=O) groups is 2. The molecule has 0 amide bonds. The van der Waals surface area contributed by atoms with Crippen molar-refractivity contribution in [3.63, 3.8) is 0 Å². The summed E-state index contributed by atoms with van der Waals surface area (Å²) < 4.78 is 36.9. The molecule has 0 atom stereocenters. The summed E-state index contributed by atoms with van der Waals surface area (Å²) in [6, 6.07) is 0.906. The first-order valence-corrected chi connectivity index (χ1v) is 3.59. The lowest BCUT2D eigenvalue weighted by Gasteiger charge is -2.04. The SMILES string of the molecule is Cn1cc(C=O)cc1C(=O)C(F)(F)F. The lowest BCUT2D eigenvalue weighted by Crippen LogP contribution is -2.24. The van der Waals surface area contributed by atoms with Crippen LogP contribution < -0.4 is 0 Å². The number of carbonyl (C=O) groups excluding carboxylic acids is 2. The van der Waals surface area contributed by atoms with Crippen LogP contribution in [0.1, 0.15) is 20.8 Å². The van der Waals surface area contributed by atoms with E-state index in [2.05, 4.69) is 0 Å². The van der Waals surface area contributed by atoms with E-state index in [-0.39, 0.29) is 5.56 Å². The molecular formula is C8H6F3NO2. The molecule has 76 valence electrons. The summed E-state index contributed by atoms with van der Waals surface area (Å²) in [5.74, 6) is -1.95. The molecule has 0 saturated carbocycles. The van der Waals surface area contributed by atoms with Crippen molar-refractivity contribution in [3.8, 4) is 0 Å². The molecular weight excluding hydrogens is 199 g/mol. The van der Waals surface area contributed by atoms with E-state index in [1.807, 2.05) is 0 Å². The van der Waals surface area contributed by atoms with Gasteiger partial charge in [-0.2, -0.15) is 13.2 Å². The van der Waals surface area contributed by atoms with E-state index in [4.69, 9.17) is 0 Å². The Morgan fingerprint density at radius 3 is 2.43 bits per heavy atom. The van der Waals surface area contributed by atoms with Crippen molar-refractivity contribution in [2.45, 2.75) is 6.18 Å². The first-order chi connectivity index (χ1) is 6.36. The minimum Gasteiger partial charge on any atom is -0.347 e. The molecule has 1 heterocycles. The Kier molecular flexibility index (Phi) is 2.46. The lowest BCUT2D eigenvalue weighted by molar-refractivity contribution is -0.0890. The summed E-state index contributed by atoms with van der Waals surface area (Å²) in [4.78, 5) is 21.0. The Hall–Kier alpha value is -1.59. The zero-order valence-electron chi connectivity index (χ0n) is 7.13. The number of halogens is 3. The van der Waals surface area contributed by atoms with Crippen molar-refractivity contribution in [2.24, 2.45) is 7.05 Å². The Labute approximate surface area is 77.1 Å².